The zero-order chi connectivity index (χ0) is 19.7. The normalized spacial score (nSPS) is 17.2. The van der Waals surface area contributed by atoms with Crippen LogP contribution in [0.2, 0.25) is 5.02 Å². The van der Waals surface area contributed by atoms with E-state index in [-0.39, 0.29) is 11.8 Å². The monoisotopic (exact) mass is 417 g/mol. The lowest BCUT2D eigenvalue weighted by Gasteiger charge is -2.31. The van der Waals surface area contributed by atoms with Crippen molar-refractivity contribution < 1.29 is 4.79 Å². The van der Waals surface area contributed by atoms with Crippen molar-refractivity contribution in [1.82, 2.24) is 20.1 Å². The molecule has 2 aromatic heterocycles. The van der Waals surface area contributed by atoms with E-state index in [1.165, 1.54) is 0 Å². The summed E-state index contributed by atoms with van der Waals surface area (Å²) in [6, 6.07) is 7.61. The van der Waals surface area contributed by atoms with Gasteiger partial charge in [0.1, 0.15) is 0 Å². The number of thiazole rings is 1. The van der Waals surface area contributed by atoms with Gasteiger partial charge in [0.15, 0.2) is 10.8 Å². The number of carbonyl (C=O) groups excluding carboxylic acids is 1. The number of aryl methyl sites for hydroxylation is 1. The van der Waals surface area contributed by atoms with Crippen molar-refractivity contribution in [1.29, 1.82) is 0 Å². The molecule has 28 heavy (non-hydrogen) atoms. The Hall–Kier alpha value is -2.12. The minimum atomic E-state index is 0.0289. The van der Waals surface area contributed by atoms with Gasteiger partial charge in [0.05, 0.1) is 22.0 Å². The molecule has 0 bridgehead atoms. The molecule has 1 saturated heterocycles. The number of rotatable bonds is 5. The second-order valence-electron chi connectivity index (χ2n) is 7.20. The number of hydrogen-bond acceptors (Lipinski definition) is 5. The minimum absolute atomic E-state index is 0.0289. The molecule has 1 aromatic carbocycles. The van der Waals surface area contributed by atoms with Gasteiger partial charge in [-0.1, -0.05) is 29.9 Å². The second kappa shape index (κ2) is 8.09. The highest BCUT2D eigenvalue weighted by atomic mass is 35.5. The lowest BCUT2D eigenvalue weighted by Crippen LogP contribution is -2.43. The summed E-state index contributed by atoms with van der Waals surface area (Å²) in [5.41, 5.74) is 2.76. The van der Waals surface area contributed by atoms with Gasteiger partial charge in [0, 0.05) is 24.7 Å². The van der Waals surface area contributed by atoms with Crippen LogP contribution < -0.4 is 10.2 Å². The van der Waals surface area contributed by atoms with Crippen LogP contribution in [0.1, 0.15) is 31.9 Å². The first-order chi connectivity index (χ1) is 13.6. The van der Waals surface area contributed by atoms with E-state index in [0.717, 1.165) is 65.8 Å². The van der Waals surface area contributed by atoms with Gasteiger partial charge in [0.25, 0.3) is 0 Å². The Kier molecular flexibility index (Phi) is 5.55. The Morgan fingerprint density at radius 2 is 2.14 bits per heavy atom. The zero-order valence-electron chi connectivity index (χ0n) is 16.1. The second-order valence-corrected chi connectivity index (χ2v) is 8.61. The number of halogens is 1. The summed E-state index contributed by atoms with van der Waals surface area (Å²) in [5.74, 6) is 0.192. The fourth-order valence-electron chi connectivity index (χ4n) is 3.58. The average molecular weight is 418 g/mol. The van der Waals surface area contributed by atoms with Crippen LogP contribution in [0.15, 0.2) is 24.3 Å². The van der Waals surface area contributed by atoms with E-state index in [1.807, 2.05) is 35.9 Å². The molecule has 0 aliphatic carbocycles. The topological polar surface area (TPSA) is 63.1 Å². The molecule has 1 unspecified atom stereocenters. The van der Waals surface area contributed by atoms with Crippen molar-refractivity contribution in [3.05, 3.63) is 35.0 Å². The van der Waals surface area contributed by atoms with Crippen LogP contribution in [0.4, 0.5) is 5.13 Å². The number of nitrogens with one attached hydrogen (secondary N) is 1. The highest BCUT2D eigenvalue weighted by Crippen LogP contribution is 2.34. The maximum Gasteiger partial charge on any atom is 0.224 e. The van der Waals surface area contributed by atoms with E-state index in [2.05, 4.69) is 22.2 Å². The van der Waals surface area contributed by atoms with Crippen molar-refractivity contribution in [2.24, 2.45) is 5.92 Å². The van der Waals surface area contributed by atoms with E-state index in [0.29, 0.717) is 5.02 Å². The number of carbonyl (C=O) groups is 1. The molecule has 0 spiro atoms. The fourth-order valence-corrected chi connectivity index (χ4v) is 4.73. The minimum Gasteiger partial charge on any atom is -0.356 e. The first kappa shape index (κ1) is 19.2. The zero-order valence-corrected chi connectivity index (χ0v) is 17.7. The smallest absolute Gasteiger partial charge is 0.224 e. The van der Waals surface area contributed by atoms with Crippen molar-refractivity contribution >= 4 is 44.3 Å². The number of hydrogen-bond donors (Lipinski definition) is 1. The summed E-state index contributed by atoms with van der Waals surface area (Å²) in [6.45, 7) is 6.47. The van der Waals surface area contributed by atoms with Crippen molar-refractivity contribution in [3.63, 3.8) is 0 Å². The van der Waals surface area contributed by atoms with Gasteiger partial charge in [-0.25, -0.2) is 4.68 Å². The molecule has 1 fully saturated rings. The quantitative estimate of drug-likeness (QED) is 0.676. The highest BCUT2D eigenvalue weighted by molar-refractivity contribution is 7.22. The lowest BCUT2D eigenvalue weighted by molar-refractivity contribution is -0.125. The highest BCUT2D eigenvalue weighted by Gasteiger charge is 2.28. The molecule has 1 amide bonds. The molecule has 0 radical (unpaired) electrons. The van der Waals surface area contributed by atoms with Gasteiger partial charge >= 0.3 is 0 Å². The predicted octanol–water partition coefficient (Wildman–Crippen LogP) is 4.19. The van der Waals surface area contributed by atoms with Crippen LogP contribution in [0.25, 0.3) is 16.0 Å². The van der Waals surface area contributed by atoms with Crippen LogP contribution in [-0.4, -0.2) is 40.3 Å². The molecule has 1 aliphatic heterocycles. The molecule has 1 N–H and O–H groups in total. The largest absolute Gasteiger partial charge is 0.356 e. The number of nitrogens with zero attached hydrogens (tertiary/aromatic N) is 4. The summed E-state index contributed by atoms with van der Waals surface area (Å²) >= 11 is 7.67. The molecule has 6 nitrogen and oxygen atoms in total. The van der Waals surface area contributed by atoms with E-state index < -0.39 is 0 Å². The Morgan fingerprint density at radius 1 is 1.36 bits per heavy atom. The van der Waals surface area contributed by atoms with Gasteiger partial charge in [0.2, 0.25) is 5.91 Å². The van der Waals surface area contributed by atoms with Gasteiger partial charge in [-0.15, -0.1) is 0 Å². The lowest BCUT2D eigenvalue weighted by atomic mass is 9.97. The van der Waals surface area contributed by atoms with Crippen molar-refractivity contribution in [2.75, 3.05) is 24.5 Å². The predicted molar refractivity (Wildman–Crippen MR) is 115 cm³/mol. The number of amides is 1. The number of aromatic nitrogens is 3. The van der Waals surface area contributed by atoms with Gasteiger partial charge in [-0.2, -0.15) is 10.1 Å². The number of piperidine rings is 1. The Morgan fingerprint density at radius 3 is 2.89 bits per heavy atom. The first-order valence-corrected chi connectivity index (χ1v) is 10.9. The molecule has 1 atom stereocenters. The average Bonchev–Trinajstić information content (AvgIpc) is 3.28. The molecule has 3 aromatic rings. The van der Waals surface area contributed by atoms with E-state index in [9.17, 15) is 4.79 Å². The maximum atomic E-state index is 12.4. The van der Waals surface area contributed by atoms with Gasteiger partial charge in [-0.3, -0.25) is 4.79 Å². The fraction of sp³-hybridized carbons (Fsp3) is 0.450. The summed E-state index contributed by atoms with van der Waals surface area (Å²) in [6.07, 6.45) is 2.90. The summed E-state index contributed by atoms with van der Waals surface area (Å²) in [7, 11) is 0. The van der Waals surface area contributed by atoms with Crippen LogP contribution in [-0.2, 0) is 4.79 Å². The summed E-state index contributed by atoms with van der Waals surface area (Å²) < 4.78 is 2.96. The third-order valence-electron chi connectivity index (χ3n) is 5.06. The molecular weight excluding hydrogens is 394 g/mol. The van der Waals surface area contributed by atoms with Crippen molar-refractivity contribution in [3.8, 4) is 5.69 Å². The summed E-state index contributed by atoms with van der Waals surface area (Å²) in [4.78, 5) is 19.5. The van der Waals surface area contributed by atoms with Crippen molar-refractivity contribution in [2.45, 2.75) is 33.1 Å². The Bertz CT molecular complexity index is 981. The van der Waals surface area contributed by atoms with E-state index >= 15 is 0 Å². The first-order valence-electron chi connectivity index (χ1n) is 9.71. The molecule has 8 heteroatoms. The number of benzene rings is 1. The SMILES string of the molecule is CCCNC(=O)C1CCCN(c2nc3c(s2)c(C)nn3-c2ccc(Cl)cc2)C1. The van der Waals surface area contributed by atoms with E-state index in [4.69, 9.17) is 16.6 Å². The Labute approximate surface area is 173 Å². The summed E-state index contributed by atoms with van der Waals surface area (Å²) in [5, 5.41) is 9.35. The van der Waals surface area contributed by atoms with Crippen LogP contribution in [0.3, 0.4) is 0 Å². The molecule has 1 aliphatic rings. The maximum absolute atomic E-state index is 12.4. The third kappa shape index (κ3) is 3.73. The number of anilines is 1. The van der Waals surface area contributed by atoms with Gasteiger partial charge in [-0.05, 0) is 50.5 Å². The molecule has 148 valence electrons. The van der Waals surface area contributed by atoms with Crippen LogP contribution >= 0.6 is 22.9 Å². The van der Waals surface area contributed by atoms with Crippen LogP contribution in [0.5, 0.6) is 0 Å². The molecule has 3 heterocycles. The van der Waals surface area contributed by atoms with Crippen LogP contribution in [0, 0.1) is 12.8 Å². The van der Waals surface area contributed by atoms with Gasteiger partial charge < -0.3 is 10.2 Å². The number of fused-ring (bicyclic) bond motifs is 1. The standard InChI is InChI=1S/C20H24ClN5OS/c1-3-10-22-19(27)14-5-4-11-25(12-14)20-23-18-17(28-20)13(2)24-26(18)16-8-6-15(21)7-9-16/h6-9,14H,3-5,10-12H2,1-2H3,(H,22,27). The van der Waals surface area contributed by atoms with E-state index in [1.54, 1.807) is 11.3 Å². The molecule has 0 saturated carbocycles. The molecular formula is C20H24ClN5OS. The Balaban J connectivity index is 1.60. The molecule has 4 rings (SSSR count). The third-order valence-corrected chi connectivity index (χ3v) is 6.53.